The van der Waals surface area contributed by atoms with E-state index in [0.717, 1.165) is 31.7 Å². The predicted octanol–water partition coefficient (Wildman–Crippen LogP) is 2.06. The molecule has 0 amide bonds. The smallest absolute Gasteiger partial charge is 0.301 e. The maximum Gasteiger partial charge on any atom is 0.301 e. The molecule has 8 heteroatoms. The lowest BCUT2D eigenvalue weighted by atomic mass is 10.2. The number of likely N-dealkylation sites (N-methyl/N-ethyl adjacent to an activating group) is 2. The van der Waals surface area contributed by atoms with E-state index in [1.54, 1.807) is 12.1 Å². The van der Waals surface area contributed by atoms with Crippen molar-refractivity contribution in [2.24, 2.45) is 14.8 Å². The molecule has 0 radical (unpaired) electrons. The lowest BCUT2D eigenvalue weighted by Gasteiger charge is -2.18. The SMILES string of the molecule is CCN1CCN(CC)C1=NN=NS(=O)(=O)c1ccc(C)cc1. The molecule has 0 unspecified atom stereocenters. The normalized spacial score (nSPS) is 15.9. The second-order valence-corrected chi connectivity index (χ2v) is 6.60. The molecule has 0 saturated carbocycles. The monoisotopic (exact) mass is 323 g/mol. The maximum atomic E-state index is 12.1. The minimum Gasteiger partial charge on any atom is -0.340 e. The predicted molar refractivity (Wildman–Crippen MR) is 85.1 cm³/mol. The lowest BCUT2D eigenvalue weighted by Crippen LogP contribution is -2.33. The van der Waals surface area contributed by atoms with Crippen molar-refractivity contribution in [3.63, 3.8) is 0 Å². The summed E-state index contributed by atoms with van der Waals surface area (Å²) in [5, 5.41) is 7.57. The summed E-state index contributed by atoms with van der Waals surface area (Å²) in [4.78, 5) is 4.20. The Morgan fingerprint density at radius 2 is 1.59 bits per heavy atom. The van der Waals surface area contributed by atoms with Crippen LogP contribution in [0.4, 0.5) is 0 Å². The lowest BCUT2D eigenvalue weighted by molar-refractivity contribution is 0.486. The van der Waals surface area contributed by atoms with Crippen molar-refractivity contribution >= 4 is 16.0 Å². The van der Waals surface area contributed by atoms with Crippen LogP contribution < -0.4 is 0 Å². The molecule has 1 aromatic carbocycles. The molecular formula is C14H21N5O2S. The Morgan fingerprint density at radius 3 is 2.09 bits per heavy atom. The highest BCUT2D eigenvalue weighted by Gasteiger charge is 2.24. The van der Waals surface area contributed by atoms with Crippen LogP contribution in [0.1, 0.15) is 19.4 Å². The highest BCUT2D eigenvalue weighted by Crippen LogP contribution is 2.14. The van der Waals surface area contributed by atoms with Crippen molar-refractivity contribution in [2.45, 2.75) is 25.7 Å². The number of hydrogen-bond acceptors (Lipinski definition) is 3. The molecular weight excluding hydrogens is 302 g/mol. The van der Waals surface area contributed by atoms with Crippen LogP contribution in [-0.2, 0) is 10.0 Å². The third-order valence-corrected chi connectivity index (χ3v) is 4.72. The van der Waals surface area contributed by atoms with E-state index < -0.39 is 10.0 Å². The van der Waals surface area contributed by atoms with E-state index in [9.17, 15) is 8.42 Å². The summed E-state index contributed by atoms with van der Waals surface area (Å²) in [6.45, 7) is 9.27. The first kappa shape index (κ1) is 16.4. The Balaban J connectivity index is 2.19. The molecule has 120 valence electrons. The maximum absolute atomic E-state index is 12.1. The Morgan fingerprint density at radius 1 is 1.05 bits per heavy atom. The van der Waals surface area contributed by atoms with Crippen molar-refractivity contribution < 1.29 is 8.42 Å². The van der Waals surface area contributed by atoms with Gasteiger partial charge in [-0.05, 0) is 42.6 Å². The molecule has 22 heavy (non-hydrogen) atoms. The summed E-state index contributed by atoms with van der Waals surface area (Å²) < 4.78 is 27.5. The summed E-state index contributed by atoms with van der Waals surface area (Å²) in [6.07, 6.45) is 0. The Labute approximate surface area is 131 Å². The molecule has 0 aromatic heterocycles. The van der Waals surface area contributed by atoms with Gasteiger partial charge in [-0.2, -0.15) is 8.42 Å². The fourth-order valence-electron chi connectivity index (χ4n) is 2.23. The molecule has 1 aliphatic rings. The molecule has 1 aliphatic heterocycles. The first-order valence-electron chi connectivity index (χ1n) is 7.29. The summed E-state index contributed by atoms with van der Waals surface area (Å²) in [6, 6.07) is 6.48. The van der Waals surface area contributed by atoms with Crippen LogP contribution in [-0.4, -0.2) is 50.4 Å². The van der Waals surface area contributed by atoms with E-state index in [4.69, 9.17) is 0 Å². The van der Waals surface area contributed by atoms with Gasteiger partial charge in [0, 0.05) is 26.2 Å². The number of guanidine groups is 1. The van der Waals surface area contributed by atoms with Crippen molar-refractivity contribution in [2.75, 3.05) is 26.2 Å². The van der Waals surface area contributed by atoms with Gasteiger partial charge < -0.3 is 9.80 Å². The average molecular weight is 323 g/mol. The molecule has 0 atom stereocenters. The second-order valence-electron chi connectivity index (χ2n) is 5.02. The van der Waals surface area contributed by atoms with Gasteiger partial charge in [0.1, 0.15) is 0 Å². The Kier molecular flexibility index (Phi) is 5.12. The van der Waals surface area contributed by atoms with E-state index in [1.807, 2.05) is 30.6 Å². The van der Waals surface area contributed by atoms with Gasteiger partial charge in [0.2, 0.25) is 5.96 Å². The average Bonchev–Trinajstić information content (AvgIpc) is 2.89. The topological polar surface area (TPSA) is 77.7 Å². The van der Waals surface area contributed by atoms with E-state index in [2.05, 4.69) is 14.8 Å². The Bertz CT molecular complexity index is 653. The minimum atomic E-state index is -3.80. The largest absolute Gasteiger partial charge is 0.340 e. The summed E-state index contributed by atoms with van der Waals surface area (Å²) in [7, 11) is -3.80. The first-order chi connectivity index (χ1) is 10.5. The summed E-state index contributed by atoms with van der Waals surface area (Å²) in [5.41, 5.74) is 0.985. The molecule has 1 aromatic rings. The van der Waals surface area contributed by atoms with E-state index in [-0.39, 0.29) is 4.90 Å². The molecule has 0 bridgehead atoms. The van der Waals surface area contributed by atoms with Gasteiger partial charge in [-0.3, -0.25) is 0 Å². The van der Waals surface area contributed by atoms with Gasteiger partial charge in [-0.25, -0.2) is 0 Å². The molecule has 1 saturated heterocycles. The van der Waals surface area contributed by atoms with E-state index in [1.165, 1.54) is 12.1 Å². The van der Waals surface area contributed by atoms with Crippen LogP contribution in [0.2, 0.25) is 0 Å². The number of rotatable bonds is 5. The van der Waals surface area contributed by atoms with Crippen LogP contribution in [0.5, 0.6) is 0 Å². The molecule has 0 aliphatic carbocycles. The zero-order chi connectivity index (χ0) is 16.2. The zero-order valence-electron chi connectivity index (χ0n) is 13.1. The van der Waals surface area contributed by atoms with Gasteiger partial charge in [-0.15, -0.1) is 0 Å². The van der Waals surface area contributed by atoms with E-state index in [0.29, 0.717) is 5.96 Å². The van der Waals surface area contributed by atoms with Crippen molar-refractivity contribution in [3.8, 4) is 0 Å². The number of nitrogens with zero attached hydrogens (tertiary/aromatic N) is 5. The van der Waals surface area contributed by atoms with Crippen molar-refractivity contribution in [1.29, 1.82) is 0 Å². The quantitative estimate of drug-likeness (QED) is 0.614. The van der Waals surface area contributed by atoms with Crippen molar-refractivity contribution in [1.82, 2.24) is 9.80 Å². The highest BCUT2D eigenvalue weighted by atomic mass is 32.2. The third-order valence-electron chi connectivity index (χ3n) is 3.57. The standard InChI is InChI=1S/C14H21N5O2S/c1-4-18-10-11-19(5-2)14(18)15-16-17-22(20,21)13-8-6-12(3)7-9-13/h6-9H,4-5,10-11H2,1-3H3. The zero-order valence-corrected chi connectivity index (χ0v) is 13.9. The van der Waals surface area contributed by atoms with Crippen LogP contribution in [0.25, 0.3) is 0 Å². The van der Waals surface area contributed by atoms with Gasteiger partial charge in [0.15, 0.2) is 0 Å². The number of sulfonamides is 1. The molecule has 0 spiro atoms. The fourth-order valence-corrected chi connectivity index (χ4v) is 2.94. The first-order valence-corrected chi connectivity index (χ1v) is 8.73. The van der Waals surface area contributed by atoms with Crippen LogP contribution in [0.3, 0.4) is 0 Å². The molecule has 1 heterocycles. The van der Waals surface area contributed by atoms with Gasteiger partial charge in [-0.1, -0.05) is 22.8 Å². The second kappa shape index (κ2) is 6.87. The van der Waals surface area contributed by atoms with Crippen LogP contribution in [0, 0.1) is 6.92 Å². The Hall–Kier alpha value is -1.96. The molecule has 2 rings (SSSR count). The van der Waals surface area contributed by atoms with Gasteiger partial charge in [0.25, 0.3) is 0 Å². The van der Waals surface area contributed by atoms with Gasteiger partial charge >= 0.3 is 10.0 Å². The minimum absolute atomic E-state index is 0.119. The van der Waals surface area contributed by atoms with Crippen LogP contribution >= 0.6 is 0 Å². The molecule has 7 nitrogen and oxygen atoms in total. The van der Waals surface area contributed by atoms with Gasteiger partial charge in [0.05, 0.1) is 4.90 Å². The number of hydrogen-bond donors (Lipinski definition) is 0. The van der Waals surface area contributed by atoms with E-state index >= 15 is 0 Å². The molecule has 0 N–H and O–H groups in total. The molecule has 1 fully saturated rings. The highest BCUT2D eigenvalue weighted by molar-refractivity contribution is 7.90. The number of aryl methyl sites for hydroxylation is 1. The number of benzene rings is 1. The summed E-state index contributed by atoms with van der Waals surface area (Å²) in [5.74, 6) is 0.674. The summed E-state index contributed by atoms with van der Waals surface area (Å²) >= 11 is 0. The van der Waals surface area contributed by atoms with Crippen LogP contribution in [0.15, 0.2) is 44.0 Å². The fraction of sp³-hybridized carbons (Fsp3) is 0.500. The van der Waals surface area contributed by atoms with Crippen molar-refractivity contribution in [3.05, 3.63) is 29.8 Å². The third kappa shape index (κ3) is 3.62.